The molecule has 0 bridgehead atoms. The van der Waals surface area contributed by atoms with E-state index in [1.165, 1.54) is 4.90 Å². The average Bonchev–Trinajstić information content (AvgIpc) is 2.44. The number of nitrogens with two attached hydrogens (primary N) is 1. The highest BCUT2D eigenvalue weighted by Crippen LogP contribution is 2.19. The zero-order chi connectivity index (χ0) is 16.0. The third kappa shape index (κ3) is 4.86. The Morgan fingerprint density at radius 2 is 1.86 bits per heavy atom. The van der Waals surface area contributed by atoms with Crippen LogP contribution in [-0.4, -0.2) is 37.4 Å². The summed E-state index contributed by atoms with van der Waals surface area (Å²) < 4.78 is 0. The lowest BCUT2D eigenvalue weighted by molar-refractivity contribution is -0.120. The number of hydrogen-bond acceptors (Lipinski definition) is 3. The molecule has 0 saturated carbocycles. The van der Waals surface area contributed by atoms with E-state index in [0.717, 1.165) is 6.42 Å². The van der Waals surface area contributed by atoms with E-state index in [9.17, 15) is 9.59 Å². The number of carbonyl (C=O) groups excluding carboxylic acids is 2. The molecule has 1 aromatic carbocycles. The van der Waals surface area contributed by atoms with Gasteiger partial charge in [0.25, 0.3) is 5.91 Å². The summed E-state index contributed by atoms with van der Waals surface area (Å²) in [5.74, 6) is -0.125. The second-order valence-corrected chi connectivity index (χ2v) is 5.80. The lowest BCUT2D eigenvalue weighted by atomic mass is 9.96. The van der Waals surface area contributed by atoms with Crippen LogP contribution in [0.2, 0.25) is 0 Å². The van der Waals surface area contributed by atoms with Gasteiger partial charge in [0.1, 0.15) is 0 Å². The van der Waals surface area contributed by atoms with Crippen LogP contribution in [0.1, 0.15) is 30.6 Å². The highest BCUT2D eigenvalue weighted by molar-refractivity contribution is 6.04. The van der Waals surface area contributed by atoms with Crippen LogP contribution in [0.4, 0.5) is 5.69 Å². The van der Waals surface area contributed by atoms with Gasteiger partial charge in [-0.3, -0.25) is 9.59 Å². The Balaban J connectivity index is 2.92. The molecule has 21 heavy (non-hydrogen) atoms. The number of nitrogens with zero attached hydrogens (tertiary/aromatic N) is 1. The summed E-state index contributed by atoms with van der Waals surface area (Å²) in [4.78, 5) is 25.9. The van der Waals surface area contributed by atoms with Gasteiger partial charge in [-0.05, 0) is 24.5 Å². The van der Waals surface area contributed by atoms with Gasteiger partial charge in [0.05, 0.1) is 17.2 Å². The molecule has 1 rings (SSSR count). The quantitative estimate of drug-likeness (QED) is 0.841. The van der Waals surface area contributed by atoms with Crippen molar-refractivity contribution in [2.45, 2.75) is 20.3 Å². The molecule has 0 saturated heterocycles. The lowest BCUT2D eigenvalue weighted by Crippen LogP contribution is -2.31. The van der Waals surface area contributed by atoms with Gasteiger partial charge < -0.3 is 16.0 Å². The van der Waals surface area contributed by atoms with Gasteiger partial charge in [-0.1, -0.05) is 26.0 Å². The summed E-state index contributed by atoms with van der Waals surface area (Å²) in [6.07, 6.45) is 0.728. The molecule has 0 aliphatic heterocycles. The topological polar surface area (TPSA) is 75.4 Å². The van der Waals surface area contributed by atoms with Crippen molar-refractivity contribution in [1.82, 2.24) is 4.90 Å². The molecule has 5 heteroatoms. The van der Waals surface area contributed by atoms with Gasteiger partial charge in [0.2, 0.25) is 5.91 Å². The smallest absolute Gasteiger partial charge is 0.255 e. The SMILES string of the molecule is CC(C)CC(CN)C(=O)Nc1ccccc1C(=O)N(C)C. The standard InChI is InChI=1S/C16H25N3O2/c1-11(2)9-12(10-17)15(20)18-14-8-6-5-7-13(14)16(21)19(3)4/h5-8,11-12H,9-10,17H2,1-4H3,(H,18,20). The minimum atomic E-state index is -0.243. The molecule has 0 fully saturated rings. The van der Waals surface area contributed by atoms with Crippen molar-refractivity contribution in [2.75, 3.05) is 26.0 Å². The molecule has 0 heterocycles. The van der Waals surface area contributed by atoms with Gasteiger partial charge in [0, 0.05) is 20.6 Å². The number of carbonyl (C=O) groups is 2. The molecule has 1 unspecified atom stereocenters. The molecule has 1 atom stereocenters. The molecule has 0 aliphatic carbocycles. The van der Waals surface area contributed by atoms with E-state index < -0.39 is 0 Å². The summed E-state index contributed by atoms with van der Waals surface area (Å²) in [5, 5.41) is 2.84. The van der Waals surface area contributed by atoms with Crippen molar-refractivity contribution in [1.29, 1.82) is 0 Å². The third-order valence-electron chi connectivity index (χ3n) is 3.23. The zero-order valence-corrected chi connectivity index (χ0v) is 13.2. The molecule has 0 spiro atoms. The highest BCUT2D eigenvalue weighted by atomic mass is 16.2. The monoisotopic (exact) mass is 291 g/mol. The number of rotatable bonds is 6. The second kappa shape index (κ2) is 7.78. The Labute approximate surface area is 126 Å². The van der Waals surface area contributed by atoms with Crippen LogP contribution in [0, 0.1) is 11.8 Å². The van der Waals surface area contributed by atoms with Gasteiger partial charge in [-0.15, -0.1) is 0 Å². The number of benzene rings is 1. The fourth-order valence-electron chi connectivity index (χ4n) is 2.13. The maximum absolute atomic E-state index is 12.3. The maximum Gasteiger partial charge on any atom is 0.255 e. The predicted molar refractivity (Wildman–Crippen MR) is 85.1 cm³/mol. The number of para-hydroxylation sites is 1. The minimum Gasteiger partial charge on any atom is -0.345 e. The first kappa shape index (κ1) is 17.2. The Morgan fingerprint density at radius 3 is 2.38 bits per heavy atom. The van der Waals surface area contributed by atoms with Gasteiger partial charge in [0.15, 0.2) is 0 Å². The van der Waals surface area contributed by atoms with E-state index in [0.29, 0.717) is 23.7 Å². The molecule has 5 nitrogen and oxygen atoms in total. The Bertz CT molecular complexity index is 498. The molecule has 3 N–H and O–H groups in total. The molecular weight excluding hydrogens is 266 g/mol. The van der Waals surface area contributed by atoms with Crippen molar-refractivity contribution in [3.8, 4) is 0 Å². The van der Waals surface area contributed by atoms with Crippen molar-refractivity contribution in [2.24, 2.45) is 17.6 Å². The first-order valence-electron chi connectivity index (χ1n) is 7.18. The number of hydrogen-bond donors (Lipinski definition) is 2. The number of nitrogens with one attached hydrogen (secondary N) is 1. The second-order valence-electron chi connectivity index (χ2n) is 5.80. The maximum atomic E-state index is 12.3. The van der Waals surface area contributed by atoms with Crippen LogP contribution < -0.4 is 11.1 Å². The van der Waals surface area contributed by atoms with Crippen LogP contribution in [0.25, 0.3) is 0 Å². The lowest BCUT2D eigenvalue weighted by Gasteiger charge is -2.19. The summed E-state index contributed by atoms with van der Waals surface area (Å²) in [5.41, 5.74) is 6.70. The Hall–Kier alpha value is -1.88. The third-order valence-corrected chi connectivity index (χ3v) is 3.23. The van der Waals surface area contributed by atoms with Crippen LogP contribution in [0.15, 0.2) is 24.3 Å². The summed E-state index contributed by atoms with van der Waals surface area (Å²) in [6.45, 7) is 4.41. The Morgan fingerprint density at radius 1 is 1.24 bits per heavy atom. The highest BCUT2D eigenvalue weighted by Gasteiger charge is 2.20. The van der Waals surface area contributed by atoms with E-state index in [-0.39, 0.29) is 17.7 Å². The molecule has 116 valence electrons. The van der Waals surface area contributed by atoms with Crippen molar-refractivity contribution in [3.63, 3.8) is 0 Å². The Kier molecular flexibility index (Phi) is 6.37. The molecule has 0 radical (unpaired) electrons. The van der Waals surface area contributed by atoms with E-state index in [1.807, 2.05) is 0 Å². The summed E-state index contributed by atoms with van der Waals surface area (Å²) in [7, 11) is 3.37. The van der Waals surface area contributed by atoms with Gasteiger partial charge in [-0.2, -0.15) is 0 Å². The molecular formula is C16H25N3O2. The zero-order valence-electron chi connectivity index (χ0n) is 13.2. The fourth-order valence-corrected chi connectivity index (χ4v) is 2.13. The van der Waals surface area contributed by atoms with Crippen LogP contribution >= 0.6 is 0 Å². The van der Waals surface area contributed by atoms with Crippen LogP contribution in [-0.2, 0) is 4.79 Å². The number of anilines is 1. The van der Waals surface area contributed by atoms with Gasteiger partial charge >= 0.3 is 0 Å². The normalized spacial score (nSPS) is 12.1. The minimum absolute atomic E-state index is 0.134. The first-order valence-corrected chi connectivity index (χ1v) is 7.18. The first-order chi connectivity index (χ1) is 9.86. The van der Waals surface area contributed by atoms with E-state index in [4.69, 9.17) is 5.73 Å². The molecule has 1 aromatic rings. The largest absolute Gasteiger partial charge is 0.345 e. The molecule has 0 aromatic heterocycles. The van der Waals surface area contributed by atoms with E-state index in [2.05, 4.69) is 19.2 Å². The summed E-state index contributed by atoms with van der Waals surface area (Å²) in [6, 6.07) is 7.01. The molecule has 0 aliphatic rings. The fraction of sp³-hybridized carbons (Fsp3) is 0.500. The van der Waals surface area contributed by atoms with Crippen LogP contribution in [0.3, 0.4) is 0 Å². The van der Waals surface area contributed by atoms with Gasteiger partial charge in [-0.25, -0.2) is 0 Å². The van der Waals surface area contributed by atoms with Crippen molar-refractivity contribution in [3.05, 3.63) is 29.8 Å². The van der Waals surface area contributed by atoms with Crippen molar-refractivity contribution >= 4 is 17.5 Å². The predicted octanol–water partition coefficient (Wildman–Crippen LogP) is 1.95. The van der Waals surface area contributed by atoms with Crippen LogP contribution in [0.5, 0.6) is 0 Å². The number of amides is 2. The summed E-state index contributed by atoms with van der Waals surface area (Å²) >= 11 is 0. The average molecular weight is 291 g/mol. The molecule has 2 amide bonds. The van der Waals surface area contributed by atoms with Crippen molar-refractivity contribution < 1.29 is 9.59 Å². The van der Waals surface area contributed by atoms with E-state index in [1.54, 1.807) is 38.4 Å². The van der Waals surface area contributed by atoms with E-state index >= 15 is 0 Å².